The minimum Gasteiger partial charge on any atom is -0.336 e. The molecule has 3 aromatic rings. The minimum atomic E-state index is -3.63. The molecule has 170 valence electrons. The van der Waals surface area contributed by atoms with Gasteiger partial charge in [-0.25, -0.2) is 13.1 Å². The Hall–Kier alpha value is -3.00. The Bertz CT molecular complexity index is 1220. The number of sulfonamides is 1. The molecular formula is C26H27N3O3S. The van der Waals surface area contributed by atoms with E-state index < -0.39 is 10.0 Å². The first kappa shape index (κ1) is 21.8. The number of amides is 1. The molecule has 1 heterocycles. The zero-order valence-corrected chi connectivity index (χ0v) is 19.1. The first-order valence-corrected chi connectivity index (χ1v) is 12.7. The summed E-state index contributed by atoms with van der Waals surface area (Å²) in [5, 5.41) is 0. The molecule has 33 heavy (non-hydrogen) atoms. The first-order chi connectivity index (χ1) is 16.0. The van der Waals surface area contributed by atoms with E-state index in [-0.39, 0.29) is 22.9 Å². The van der Waals surface area contributed by atoms with E-state index in [1.807, 2.05) is 53.4 Å². The zero-order chi connectivity index (χ0) is 22.8. The maximum atomic E-state index is 13.1. The van der Waals surface area contributed by atoms with E-state index in [1.54, 1.807) is 24.3 Å². The van der Waals surface area contributed by atoms with Crippen molar-refractivity contribution in [2.75, 3.05) is 26.2 Å². The number of carbonyl (C=O) groups is 1. The van der Waals surface area contributed by atoms with Gasteiger partial charge in [-0.15, -0.1) is 0 Å². The molecule has 1 fully saturated rings. The molecule has 1 N–H and O–H groups in total. The lowest BCUT2D eigenvalue weighted by molar-refractivity contribution is 0.0545. The molecule has 0 unspecified atom stereocenters. The van der Waals surface area contributed by atoms with Gasteiger partial charge < -0.3 is 4.90 Å². The summed E-state index contributed by atoms with van der Waals surface area (Å²) in [5.74, 6) is 0.0448. The lowest BCUT2D eigenvalue weighted by Gasteiger charge is -2.40. The van der Waals surface area contributed by atoms with E-state index in [9.17, 15) is 13.2 Å². The molecule has 2 atom stereocenters. The van der Waals surface area contributed by atoms with Crippen molar-refractivity contribution in [2.45, 2.75) is 23.4 Å². The lowest BCUT2D eigenvalue weighted by Crippen LogP contribution is -2.53. The molecule has 0 saturated carbocycles. The number of benzene rings is 3. The van der Waals surface area contributed by atoms with Crippen molar-refractivity contribution in [3.05, 3.63) is 102 Å². The second-order valence-corrected chi connectivity index (χ2v) is 10.3. The van der Waals surface area contributed by atoms with Gasteiger partial charge >= 0.3 is 0 Å². The quantitative estimate of drug-likeness (QED) is 0.634. The first-order valence-electron chi connectivity index (χ1n) is 11.3. The average molecular weight is 462 g/mol. The summed E-state index contributed by atoms with van der Waals surface area (Å²) in [6, 6.07) is 25.7. The third-order valence-electron chi connectivity index (χ3n) is 6.57. The van der Waals surface area contributed by atoms with Gasteiger partial charge in [0.1, 0.15) is 0 Å². The van der Waals surface area contributed by atoms with Gasteiger partial charge in [-0.1, -0.05) is 60.7 Å². The largest absolute Gasteiger partial charge is 0.336 e. The molecule has 1 aliphatic heterocycles. The van der Waals surface area contributed by atoms with Crippen LogP contribution in [0.4, 0.5) is 0 Å². The maximum absolute atomic E-state index is 13.1. The third-order valence-corrected chi connectivity index (χ3v) is 8.08. The summed E-state index contributed by atoms with van der Waals surface area (Å²) in [5.41, 5.74) is 3.04. The van der Waals surface area contributed by atoms with Gasteiger partial charge in [-0.3, -0.25) is 9.69 Å². The molecule has 0 aromatic heterocycles. The number of nitrogens with zero attached hydrogens (tertiary/aromatic N) is 2. The van der Waals surface area contributed by atoms with E-state index in [0.29, 0.717) is 38.2 Å². The summed E-state index contributed by atoms with van der Waals surface area (Å²) in [4.78, 5) is 17.3. The van der Waals surface area contributed by atoms with E-state index in [4.69, 9.17) is 0 Å². The Balaban J connectivity index is 1.34. The van der Waals surface area contributed by atoms with Gasteiger partial charge in [0.25, 0.3) is 5.91 Å². The Morgan fingerprint density at radius 3 is 2.09 bits per heavy atom. The van der Waals surface area contributed by atoms with Crippen LogP contribution in [0.3, 0.4) is 0 Å². The van der Waals surface area contributed by atoms with Gasteiger partial charge in [0, 0.05) is 37.8 Å². The zero-order valence-electron chi connectivity index (χ0n) is 18.3. The van der Waals surface area contributed by atoms with E-state index >= 15 is 0 Å². The highest BCUT2D eigenvalue weighted by Crippen LogP contribution is 2.37. The number of fused-ring (bicyclic) bond motifs is 1. The normalized spacial score (nSPS) is 21.0. The van der Waals surface area contributed by atoms with Crippen molar-refractivity contribution in [3.8, 4) is 0 Å². The lowest BCUT2D eigenvalue weighted by atomic mass is 10.0. The summed E-state index contributed by atoms with van der Waals surface area (Å²) < 4.78 is 29.1. The monoisotopic (exact) mass is 461 g/mol. The summed E-state index contributed by atoms with van der Waals surface area (Å²) in [7, 11) is -3.63. The molecule has 0 radical (unpaired) electrons. The van der Waals surface area contributed by atoms with Crippen molar-refractivity contribution in [3.63, 3.8) is 0 Å². The van der Waals surface area contributed by atoms with Crippen LogP contribution in [-0.4, -0.2) is 56.3 Å². The van der Waals surface area contributed by atoms with Gasteiger partial charge in [0.2, 0.25) is 10.0 Å². The molecule has 3 aromatic carbocycles. The standard InChI is InChI=1S/C26H27N3O3S/c30-26(20-9-3-1-4-10-20)29-17-15-28(16-18-29)25-23-14-8-7-11-21(23)19-24(25)27-33(31,32)22-12-5-2-6-13-22/h1-14,24-25,27H,15-19H2/t24-,25-/m0/s1. The average Bonchev–Trinajstić information content (AvgIpc) is 3.22. The van der Waals surface area contributed by atoms with Crippen molar-refractivity contribution < 1.29 is 13.2 Å². The Morgan fingerprint density at radius 2 is 1.39 bits per heavy atom. The summed E-state index contributed by atoms with van der Waals surface area (Å²) >= 11 is 0. The molecule has 2 aliphatic rings. The highest BCUT2D eigenvalue weighted by molar-refractivity contribution is 7.89. The SMILES string of the molecule is O=C(c1ccccc1)N1CCN([C@H]2c3ccccc3C[C@@H]2NS(=O)(=O)c2ccccc2)CC1. The fourth-order valence-corrected chi connectivity index (χ4v) is 6.23. The van der Waals surface area contributed by atoms with Crippen LogP contribution in [0, 0.1) is 0 Å². The number of rotatable bonds is 5. The van der Waals surface area contributed by atoms with Crippen LogP contribution >= 0.6 is 0 Å². The van der Waals surface area contributed by atoms with E-state index in [2.05, 4.69) is 21.8 Å². The summed E-state index contributed by atoms with van der Waals surface area (Å²) in [6.45, 7) is 2.62. The van der Waals surface area contributed by atoms with Crippen molar-refractivity contribution >= 4 is 15.9 Å². The molecule has 1 amide bonds. The number of piperazine rings is 1. The van der Waals surface area contributed by atoms with Gasteiger partial charge in [-0.05, 0) is 41.8 Å². The van der Waals surface area contributed by atoms with Crippen LogP contribution in [0.2, 0.25) is 0 Å². The third kappa shape index (κ3) is 4.44. The van der Waals surface area contributed by atoms with Crippen LogP contribution in [0.1, 0.15) is 27.5 Å². The Kier molecular flexibility index (Phi) is 6.01. The highest BCUT2D eigenvalue weighted by Gasteiger charge is 2.40. The van der Waals surface area contributed by atoms with E-state index in [1.165, 1.54) is 11.1 Å². The Morgan fingerprint density at radius 1 is 0.788 bits per heavy atom. The van der Waals surface area contributed by atoms with Crippen molar-refractivity contribution in [1.29, 1.82) is 0 Å². The van der Waals surface area contributed by atoms with Gasteiger partial charge in [0.15, 0.2) is 0 Å². The summed E-state index contributed by atoms with van der Waals surface area (Å²) in [6.07, 6.45) is 0.649. The molecule has 0 bridgehead atoms. The van der Waals surface area contributed by atoms with Crippen molar-refractivity contribution in [2.24, 2.45) is 0 Å². The van der Waals surface area contributed by atoms with Gasteiger partial charge in [0.05, 0.1) is 10.9 Å². The van der Waals surface area contributed by atoms with Crippen LogP contribution in [0.5, 0.6) is 0 Å². The molecule has 6 nitrogen and oxygen atoms in total. The van der Waals surface area contributed by atoms with Crippen LogP contribution in [0.25, 0.3) is 0 Å². The maximum Gasteiger partial charge on any atom is 0.253 e. The minimum absolute atomic E-state index is 0.0448. The molecule has 0 spiro atoms. The van der Waals surface area contributed by atoms with Crippen LogP contribution < -0.4 is 4.72 Å². The molecule has 1 saturated heterocycles. The van der Waals surface area contributed by atoms with E-state index in [0.717, 1.165) is 0 Å². The number of carbonyl (C=O) groups excluding carboxylic acids is 1. The smallest absolute Gasteiger partial charge is 0.253 e. The van der Waals surface area contributed by atoms with Gasteiger partial charge in [-0.2, -0.15) is 0 Å². The van der Waals surface area contributed by atoms with Crippen molar-refractivity contribution in [1.82, 2.24) is 14.5 Å². The molecule has 5 rings (SSSR count). The predicted molar refractivity (Wildman–Crippen MR) is 127 cm³/mol. The van der Waals surface area contributed by atoms with Crippen LogP contribution in [-0.2, 0) is 16.4 Å². The number of hydrogen-bond donors (Lipinski definition) is 1. The predicted octanol–water partition coefficient (Wildman–Crippen LogP) is 3.09. The number of hydrogen-bond acceptors (Lipinski definition) is 4. The van der Waals surface area contributed by atoms with Crippen LogP contribution in [0.15, 0.2) is 89.8 Å². The molecule has 7 heteroatoms. The topological polar surface area (TPSA) is 69.7 Å². The Labute approximate surface area is 194 Å². The molecule has 1 aliphatic carbocycles. The second-order valence-electron chi connectivity index (χ2n) is 8.58. The molecular weight excluding hydrogens is 434 g/mol. The fourth-order valence-electron chi connectivity index (χ4n) is 4.96. The second kappa shape index (κ2) is 9.09. The fraction of sp³-hybridized carbons (Fsp3) is 0.269. The highest BCUT2D eigenvalue weighted by atomic mass is 32.2. The number of nitrogens with one attached hydrogen (secondary N) is 1.